The largest absolute Gasteiger partial charge is 0.465 e. The average Bonchev–Trinajstić information content (AvgIpc) is 3.19. The van der Waals surface area contributed by atoms with Gasteiger partial charge in [0.15, 0.2) is 5.76 Å². The molecule has 2 rings (SSSR count). The van der Waals surface area contributed by atoms with E-state index < -0.39 is 5.97 Å². The van der Waals surface area contributed by atoms with Crippen molar-refractivity contribution in [2.75, 3.05) is 26.7 Å². The summed E-state index contributed by atoms with van der Waals surface area (Å²) in [6.07, 6.45) is 1.66. The van der Waals surface area contributed by atoms with Gasteiger partial charge in [0, 0.05) is 17.7 Å². The van der Waals surface area contributed by atoms with Crippen molar-refractivity contribution in [1.29, 1.82) is 0 Å². The molecule has 27 heavy (non-hydrogen) atoms. The van der Waals surface area contributed by atoms with Crippen molar-refractivity contribution in [3.8, 4) is 23.2 Å². The SMILES string of the molecule is COC(=O)c1ccc(-c2ccc(C(=O)NCCCCN)o2)cc1C#CCN. The van der Waals surface area contributed by atoms with E-state index in [2.05, 4.69) is 17.2 Å². The average molecular weight is 369 g/mol. The number of hydrogen-bond donors (Lipinski definition) is 3. The molecule has 7 nitrogen and oxygen atoms in total. The minimum Gasteiger partial charge on any atom is -0.465 e. The second-order valence-electron chi connectivity index (χ2n) is 5.67. The van der Waals surface area contributed by atoms with Gasteiger partial charge in [-0.25, -0.2) is 4.79 Å². The van der Waals surface area contributed by atoms with Crippen LogP contribution in [0.2, 0.25) is 0 Å². The molecule has 0 saturated carbocycles. The summed E-state index contributed by atoms with van der Waals surface area (Å²) in [5.41, 5.74) is 12.4. The number of amides is 1. The van der Waals surface area contributed by atoms with Crippen molar-refractivity contribution < 1.29 is 18.7 Å². The summed E-state index contributed by atoms with van der Waals surface area (Å²) in [4.78, 5) is 24.0. The standard InChI is InChI=1S/C20H23N3O4/c1-26-20(25)16-7-6-15(13-14(16)5-4-11-22)17-8-9-18(27-17)19(24)23-12-3-2-10-21/h6-9,13H,2-3,10-12,21-22H2,1H3,(H,23,24). The first-order chi connectivity index (χ1) is 13.1. The first-order valence-corrected chi connectivity index (χ1v) is 8.60. The predicted octanol–water partition coefficient (Wildman–Crippen LogP) is 1.51. The fourth-order valence-corrected chi connectivity index (χ4v) is 2.41. The molecular formula is C20H23N3O4. The molecule has 2 aromatic rings. The smallest absolute Gasteiger partial charge is 0.339 e. The van der Waals surface area contributed by atoms with Gasteiger partial charge in [0.2, 0.25) is 0 Å². The van der Waals surface area contributed by atoms with Crippen molar-refractivity contribution >= 4 is 11.9 Å². The van der Waals surface area contributed by atoms with Crippen molar-refractivity contribution in [2.45, 2.75) is 12.8 Å². The van der Waals surface area contributed by atoms with Crippen molar-refractivity contribution in [3.05, 3.63) is 47.2 Å². The highest BCUT2D eigenvalue weighted by Crippen LogP contribution is 2.25. The van der Waals surface area contributed by atoms with Crippen molar-refractivity contribution in [3.63, 3.8) is 0 Å². The molecule has 0 saturated heterocycles. The summed E-state index contributed by atoms with van der Waals surface area (Å²) in [5, 5.41) is 2.78. The zero-order valence-corrected chi connectivity index (χ0v) is 15.2. The Labute approximate surface area is 158 Å². The van der Waals surface area contributed by atoms with Gasteiger partial charge in [-0.05, 0) is 43.7 Å². The van der Waals surface area contributed by atoms with Crippen LogP contribution in [-0.2, 0) is 4.74 Å². The lowest BCUT2D eigenvalue weighted by atomic mass is 10.0. The van der Waals surface area contributed by atoms with Gasteiger partial charge in [0.25, 0.3) is 5.91 Å². The molecule has 0 bridgehead atoms. The summed E-state index contributed by atoms with van der Waals surface area (Å²) >= 11 is 0. The second kappa shape index (κ2) is 10.2. The van der Waals surface area contributed by atoms with Crippen LogP contribution in [0, 0.1) is 11.8 Å². The third-order valence-electron chi connectivity index (χ3n) is 3.78. The van der Waals surface area contributed by atoms with Gasteiger partial charge in [-0.2, -0.15) is 0 Å². The summed E-state index contributed by atoms with van der Waals surface area (Å²) in [7, 11) is 1.31. The van der Waals surface area contributed by atoms with Gasteiger partial charge < -0.3 is 25.9 Å². The Morgan fingerprint density at radius 3 is 2.70 bits per heavy atom. The van der Waals surface area contributed by atoms with E-state index in [-0.39, 0.29) is 18.2 Å². The maximum absolute atomic E-state index is 12.1. The highest BCUT2D eigenvalue weighted by molar-refractivity contribution is 5.94. The monoisotopic (exact) mass is 369 g/mol. The number of nitrogens with one attached hydrogen (secondary N) is 1. The van der Waals surface area contributed by atoms with E-state index in [1.54, 1.807) is 30.3 Å². The normalized spacial score (nSPS) is 10.0. The minimum absolute atomic E-state index is 0.167. The maximum atomic E-state index is 12.1. The lowest BCUT2D eigenvalue weighted by Crippen LogP contribution is -2.24. The third-order valence-corrected chi connectivity index (χ3v) is 3.78. The number of furan rings is 1. The van der Waals surface area contributed by atoms with E-state index in [1.807, 2.05) is 0 Å². The van der Waals surface area contributed by atoms with Crippen LogP contribution < -0.4 is 16.8 Å². The third kappa shape index (κ3) is 5.45. The maximum Gasteiger partial charge on any atom is 0.339 e. The van der Waals surface area contributed by atoms with Crippen LogP contribution >= 0.6 is 0 Å². The summed E-state index contributed by atoms with van der Waals surface area (Å²) in [6.45, 7) is 1.30. The van der Waals surface area contributed by atoms with E-state index in [0.717, 1.165) is 12.8 Å². The zero-order valence-electron chi connectivity index (χ0n) is 15.2. The molecule has 5 N–H and O–H groups in total. The number of nitrogens with two attached hydrogens (primary N) is 2. The highest BCUT2D eigenvalue weighted by Gasteiger charge is 2.15. The molecule has 1 amide bonds. The molecule has 0 atom stereocenters. The van der Waals surface area contributed by atoms with Gasteiger partial charge in [-0.3, -0.25) is 4.79 Å². The molecule has 142 valence electrons. The van der Waals surface area contributed by atoms with Crippen LogP contribution in [0.4, 0.5) is 0 Å². The first kappa shape index (κ1) is 20.2. The van der Waals surface area contributed by atoms with Crippen LogP contribution in [-0.4, -0.2) is 38.6 Å². The molecule has 0 aliphatic rings. The van der Waals surface area contributed by atoms with Crippen molar-refractivity contribution in [2.24, 2.45) is 11.5 Å². The van der Waals surface area contributed by atoms with Crippen molar-refractivity contribution in [1.82, 2.24) is 5.32 Å². The summed E-state index contributed by atoms with van der Waals surface area (Å²) in [5.74, 6) is 5.52. The van der Waals surface area contributed by atoms with Crippen LogP contribution in [0.25, 0.3) is 11.3 Å². The number of rotatable bonds is 7. The van der Waals surface area contributed by atoms with Crippen LogP contribution in [0.1, 0.15) is 39.3 Å². The lowest BCUT2D eigenvalue weighted by Gasteiger charge is -2.05. The fourth-order valence-electron chi connectivity index (χ4n) is 2.41. The van der Waals surface area contributed by atoms with Gasteiger partial charge in [-0.1, -0.05) is 17.9 Å². The topological polar surface area (TPSA) is 121 Å². The first-order valence-electron chi connectivity index (χ1n) is 8.60. The molecule has 0 unspecified atom stereocenters. The Bertz CT molecular complexity index is 862. The summed E-state index contributed by atoms with van der Waals surface area (Å²) in [6, 6.07) is 8.32. The van der Waals surface area contributed by atoms with Gasteiger partial charge in [0.1, 0.15) is 5.76 Å². The molecule has 0 spiro atoms. The summed E-state index contributed by atoms with van der Waals surface area (Å²) < 4.78 is 10.4. The number of unbranched alkanes of at least 4 members (excludes halogenated alkanes) is 1. The van der Waals surface area contributed by atoms with E-state index in [0.29, 0.717) is 35.5 Å². The lowest BCUT2D eigenvalue weighted by molar-refractivity contribution is 0.0600. The molecule has 1 heterocycles. The van der Waals surface area contributed by atoms with Gasteiger partial charge in [-0.15, -0.1) is 0 Å². The second-order valence-corrected chi connectivity index (χ2v) is 5.67. The quantitative estimate of drug-likeness (QED) is 0.386. The molecule has 1 aromatic carbocycles. The number of methoxy groups -OCH3 is 1. The number of ether oxygens (including phenoxy) is 1. The fraction of sp³-hybridized carbons (Fsp3) is 0.300. The Kier molecular flexibility index (Phi) is 7.62. The number of carbonyl (C=O) groups excluding carboxylic acids is 2. The van der Waals surface area contributed by atoms with E-state index in [9.17, 15) is 9.59 Å². The van der Waals surface area contributed by atoms with Gasteiger partial charge in [0.05, 0.1) is 19.2 Å². The Morgan fingerprint density at radius 2 is 2.00 bits per heavy atom. The molecule has 0 aliphatic heterocycles. The number of benzene rings is 1. The molecule has 1 aromatic heterocycles. The highest BCUT2D eigenvalue weighted by atomic mass is 16.5. The molecule has 0 aliphatic carbocycles. The van der Waals surface area contributed by atoms with E-state index in [1.165, 1.54) is 7.11 Å². The van der Waals surface area contributed by atoms with Gasteiger partial charge >= 0.3 is 5.97 Å². The molecule has 0 fully saturated rings. The number of hydrogen-bond acceptors (Lipinski definition) is 6. The number of carbonyl (C=O) groups is 2. The minimum atomic E-state index is -0.486. The Morgan fingerprint density at radius 1 is 1.19 bits per heavy atom. The zero-order chi connectivity index (χ0) is 19.6. The molecule has 0 radical (unpaired) electrons. The molecule has 7 heteroatoms. The van der Waals surface area contributed by atoms with Crippen LogP contribution in [0.3, 0.4) is 0 Å². The predicted molar refractivity (Wildman–Crippen MR) is 102 cm³/mol. The van der Waals surface area contributed by atoms with Crippen LogP contribution in [0.5, 0.6) is 0 Å². The Balaban J connectivity index is 2.22. The van der Waals surface area contributed by atoms with E-state index in [4.69, 9.17) is 20.6 Å². The van der Waals surface area contributed by atoms with Crippen LogP contribution in [0.15, 0.2) is 34.7 Å². The Hall–Kier alpha value is -3.08. The van der Waals surface area contributed by atoms with E-state index >= 15 is 0 Å². The molecular weight excluding hydrogens is 346 g/mol. The number of esters is 1.